The molecule has 7 heteroatoms. The van der Waals surface area contributed by atoms with Crippen molar-refractivity contribution in [2.24, 2.45) is 0 Å². The molecule has 2 aromatic rings. The van der Waals surface area contributed by atoms with E-state index in [9.17, 15) is 19.3 Å². The topological polar surface area (TPSA) is 84.3 Å². The van der Waals surface area contributed by atoms with Crippen LogP contribution in [-0.2, 0) is 4.79 Å². The molecule has 126 valence electrons. The standard InChI is InChI=1S/C17H18FN3O3/c1-10-5-4-6-15(11(10)2)19-12(3)17(22)20-13-7-8-14(18)16(9-13)21(23)24/h4-9,12,19H,1-3H3,(H,20,22)/t12-/m0/s1. The Morgan fingerprint density at radius 3 is 2.62 bits per heavy atom. The summed E-state index contributed by atoms with van der Waals surface area (Å²) in [7, 11) is 0. The van der Waals surface area contributed by atoms with Crippen LogP contribution in [0.4, 0.5) is 21.5 Å². The Kier molecular flexibility index (Phi) is 5.13. The summed E-state index contributed by atoms with van der Waals surface area (Å²) in [5.41, 5.74) is 2.46. The summed E-state index contributed by atoms with van der Waals surface area (Å²) < 4.78 is 13.3. The van der Waals surface area contributed by atoms with Crippen molar-refractivity contribution in [1.29, 1.82) is 0 Å². The minimum absolute atomic E-state index is 0.169. The van der Waals surface area contributed by atoms with Gasteiger partial charge in [-0.3, -0.25) is 14.9 Å². The van der Waals surface area contributed by atoms with Gasteiger partial charge in [-0.15, -0.1) is 0 Å². The van der Waals surface area contributed by atoms with Gasteiger partial charge < -0.3 is 10.6 Å². The molecule has 2 rings (SSSR count). The van der Waals surface area contributed by atoms with Crippen LogP contribution in [0, 0.1) is 29.8 Å². The highest BCUT2D eigenvalue weighted by molar-refractivity contribution is 5.96. The molecule has 1 atom stereocenters. The zero-order valence-corrected chi connectivity index (χ0v) is 13.6. The fourth-order valence-electron chi connectivity index (χ4n) is 2.19. The molecular formula is C17H18FN3O3. The second-order valence-corrected chi connectivity index (χ2v) is 5.53. The van der Waals surface area contributed by atoms with Crippen LogP contribution in [0.1, 0.15) is 18.1 Å². The van der Waals surface area contributed by atoms with Crippen molar-refractivity contribution in [3.63, 3.8) is 0 Å². The molecule has 0 bridgehead atoms. The van der Waals surface area contributed by atoms with Crippen molar-refractivity contribution < 1.29 is 14.1 Å². The molecule has 0 spiro atoms. The van der Waals surface area contributed by atoms with E-state index in [2.05, 4.69) is 10.6 Å². The fourth-order valence-corrected chi connectivity index (χ4v) is 2.19. The van der Waals surface area contributed by atoms with Crippen LogP contribution in [0.2, 0.25) is 0 Å². The summed E-state index contributed by atoms with van der Waals surface area (Å²) in [6, 6.07) is 8.39. The Bertz CT molecular complexity index is 793. The molecule has 24 heavy (non-hydrogen) atoms. The predicted octanol–water partition coefficient (Wildman–Crippen LogP) is 3.79. The molecule has 6 nitrogen and oxygen atoms in total. The Morgan fingerprint density at radius 1 is 1.25 bits per heavy atom. The Hall–Kier alpha value is -2.96. The van der Waals surface area contributed by atoms with Crippen LogP contribution >= 0.6 is 0 Å². The highest BCUT2D eigenvalue weighted by atomic mass is 19.1. The summed E-state index contributed by atoms with van der Waals surface area (Å²) in [5, 5.41) is 16.4. The normalized spacial score (nSPS) is 11.7. The number of rotatable bonds is 5. The molecule has 0 heterocycles. The largest absolute Gasteiger partial charge is 0.374 e. The second kappa shape index (κ2) is 7.08. The summed E-state index contributed by atoms with van der Waals surface area (Å²) in [5.74, 6) is -1.32. The zero-order valence-electron chi connectivity index (χ0n) is 13.6. The number of anilines is 2. The molecule has 0 radical (unpaired) electrons. The van der Waals surface area contributed by atoms with E-state index in [1.165, 1.54) is 6.07 Å². The number of hydrogen-bond donors (Lipinski definition) is 2. The van der Waals surface area contributed by atoms with Gasteiger partial charge in [-0.2, -0.15) is 4.39 Å². The minimum Gasteiger partial charge on any atom is -0.374 e. The minimum atomic E-state index is -0.945. The average molecular weight is 331 g/mol. The van der Waals surface area contributed by atoms with E-state index in [1.807, 2.05) is 32.0 Å². The van der Waals surface area contributed by atoms with Gasteiger partial charge in [0, 0.05) is 17.4 Å². The molecular weight excluding hydrogens is 313 g/mol. The van der Waals surface area contributed by atoms with Crippen LogP contribution in [0.25, 0.3) is 0 Å². The third-order valence-electron chi connectivity index (χ3n) is 3.78. The van der Waals surface area contributed by atoms with E-state index < -0.39 is 22.5 Å². The second-order valence-electron chi connectivity index (χ2n) is 5.53. The molecule has 1 amide bonds. The first-order valence-corrected chi connectivity index (χ1v) is 7.37. The van der Waals surface area contributed by atoms with Gasteiger partial charge in [0.2, 0.25) is 11.7 Å². The van der Waals surface area contributed by atoms with Crippen molar-refractivity contribution in [2.45, 2.75) is 26.8 Å². The number of amides is 1. The number of benzene rings is 2. The third-order valence-corrected chi connectivity index (χ3v) is 3.78. The maximum atomic E-state index is 13.3. The zero-order chi connectivity index (χ0) is 17.9. The van der Waals surface area contributed by atoms with Crippen molar-refractivity contribution >= 4 is 23.0 Å². The molecule has 0 aliphatic carbocycles. The number of hydrogen-bond acceptors (Lipinski definition) is 4. The summed E-state index contributed by atoms with van der Waals surface area (Å²) in [6.45, 7) is 5.60. The Balaban J connectivity index is 2.10. The molecule has 0 aliphatic rings. The number of aryl methyl sites for hydroxylation is 1. The third kappa shape index (κ3) is 3.87. The first-order valence-electron chi connectivity index (χ1n) is 7.37. The van der Waals surface area contributed by atoms with Crippen molar-refractivity contribution in [2.75, 3.05) is 10.6 Å². The van der Waals surface area contributed by atoms with Gasteiger partial charge in [-0.1, -0.05) is 12.1 Å². The quantitative estimate of drug-likeness (QED) is 0.645. The fraction of sp³-hybridized carbons (Fsp3) is 0.235. The SMILES string of the molecule is Cc1cccc(N[C@@H](C)C(=O)Nc2ccc(F)c([N+](=O)[O-])c2)c1C. The van der Waals surface area contributed by atoms with E-state index in [4.69, 9.17) is 0 Å². The van der Waals surface area contributed by atoms with E-state index in [0.29, 0.717) is 0 Å². The lowest BCUT2D eigenvalue weighted by Gasteiger charge is -2.17. The number of carbonyl (C=O) groups is 1. The number of nitro groups is 1. The summed E-state index contributed by atoms with van der Waals surface area (Å²) in [6.07, 6.45) is 0. The van der Waals surface area contributed by atoms with Crippen molar-refractivity contribution in [1.82, 2.24) is 0 Å². The lowest BCUT2D eigenvalue weighted by Crippen LogP contribution is -2.32. The predicted molar refractivity (Wildman–Crippen MR) is 90.7 cm³/mol. The van der Waals surface area contributed by atoms with Gasteiger partial charge in [-0.05, 0) is 50.1 Å². The highest BCUT2D eigenvalue weighted by Gasteiger charge is 2.18. The monoisotopic (exact) mass is 331 g/mol. The van der Waals surface area contributed by atoms with Gasteiger partial charge in [0.05, 0.1) is 4.92 Å². The molecule has 2 aromatic carbocycles. The van der Waals surface area contributed by atoms with E-state index in [1.54, 1.807) is 6.92 Å². The Labute approximate surface area is 138 Å². The summed E-state index contributed by atoms with van der Waals surface area (Å²) in [4.78, 5) is 22.2. The number of halogens is 1. The molecule has 0 unspecified atom stereocenters. The summed E-state index contributed by atoms with van der Waals surface area (Å²) >= 11 is 0. The van der Waals surface area contributed by atoms with E-state index >= 15 is 0 Å². The van der Waals surface area contributed by atoms with Crippen LogP contribution in [0.5, 0.6) is 0 Å². The Morgan fingerprint density at radius 2 is 1.96 bits per heavy atom. The van der Waals surface area contributed by atoms with Gasteiger partial charge >= 0.3 is 5.69 Å². The van der Waals surface area contributed by atoms with Crippen molar-refractivity contribution in [3.05, 3.63) is 63.5 Å². The van der Waals surface area contributed by atoms with Gasteiger partial charge in [-0.25, -0.2) is 0 Å². The molecule has 0 aliphatic heterocycles. The molecule has 0 aromatic heterocycles. The molecule has 0 saturated carbocycles. The number of carbonyl (C=O) groups excluding carboxylic acids is 1. The lowest BCUT2D eigenvalue weighted by atomic mass is 10.1. The smallest absolute Gasteiger partial charge is 0.306 e. The maximum absolute atomic E-state index is 13.3. The van der Waals surface area contributed by atoms with Gasteiger partial charge in [0.1, 0.15) is 6.04 Å². The number of nitrogens with one attached hydrogen (secondary N) is 2. The number of nitrogens with zero attached hydrogens (tertiary/aromatic N) is 1. The van der Waals surface area contributed by atoms with E-state index in [0.717, 1.165) is 28.9 Å². The van der Waals surface area contributed by atoms with E-state index in [-0.39, 0.29) is 11.6 Å². The van der Waals surface area contributed by atoms with Crippen LogP contribution in [-0.4, -0.2) is 16.9 Å². The first kappa shape index (κ1) is 17.4. The number of nitro benzene ring substituents is 1. The average Bonchev–Trinajstić information content (AvgIpc) is 2.53. The maximum Gasteiger partial charge on any atom is 0.306 e. The van der Waals surface area contributed by atoms with Crippen LogP contribution in [0.15, 0.2) is 36.4 Å². The molecule has 0 fully saturated rings. The van der Waals surface area contributed by atoms with Gasteiger partial charge in [0.25, 0.3) is 0 Å². The lowest BCUT2D eigenvalue weighted by molar-refractivity contribution is -0.387. The highest BCUT2D eigenvalue weighted by Crippen LogP contribution is 2.22. The van der Waals surface area contributed by atoms with Gasteiger partial charge in [0.15, 0.2) is 0 Å². The first-order chi connectivity index (χ1) is 11.3. The van der Waals surface area contributed by atoms with Crippen LogP contribution in [0.3, 0.4) is 0 Å². The molecule has 2 N–H and O–H groups in total. The van der Waals surface area contributed by atoms with Crippen molar-refractivity contribution in [3.8, 4) is 0 Å². The molecule has 0 saturated heterocycles. The van der Waals surface area contributed by atoms with Crippen LogP contribution < -0.4 is 10.6 Å².